The van der Waals surface area contributed by atoms with Gasteiger partial charge in [-0.1, -0.05) is 91.4 Å². The van der Waals surface area contributed by atoms with Crippen LogP contribution in [0.3, 0.4) is 0 Å². The highest BCUT2D eigenvalue weighted by molar-refractivity contribution is 8.55. The highest BCUT2D eigenvalue weighted by Crippen LogP contribution is 2.61. The maximum Gasteiger partial charge on any atom is 0.389 e. The van der Waals surface area contributed by atoms with E-state index in [2.05, 4.69) is 20.8 Å². The van der Waals surface area contributed by atoms with E-state index in [1.807, 2.05) is 0 Å². The Morgan fingerprint density at radius 3 is 1.44 bits per heavy atom. The van der Waals surface area contributed by atoms with Crippen LogP contribution in [-0.2, 0) is 13.6 Å². The van der Waals surface area contributed by atoms with Crippen LogP contribution in [-0.4, -0.2) is 19.0 Å². The largest absolute Gasteiger partial charge is 0.389 e. The fraction of sp³-hybridized carbons (Fsp3) is 1.00. The molecule has 0 aromatic rings. The lowest BCUT2D eigenvalue weighted by Crippen LogP contribution is -1.98. The van der Waals surface area contributed by atoms with Crippen LogP contribution in [0.1, 0.15) is 111 Å². The molecule has 0 aromatic carbocycles. The van der Waals surface area contributed by atoms with Crippen LogP contribution in [0.5, 0.6) is 0 Å². The van der Waals surface area contributed by atoms with Crippen molar-refractivity contribution in [1.29, 1.82) is 0 Å². The third-order valence-corrected chi connectivity index (χ3v) is 8.16. The second-order valence-electron chi connectivity index (χ2n) is 6.84. The van der Waals surface area contributed by atoms with Gasteiger partial charge in [-0.2, -0.15) is 0 Å². The number of hydrogen-bond donors (Lipinski definition) is 0. The van der Waals surface area contributed by atoms with Crippen LogP contribution in [0.2, 0.25) is 0 Å². The summed E-state index contributed by atoms with van der Waals surface area (Å²) in [5, 5.41) is 0. The van der Waals surface area contributed by atoms with Gasteiger partial charge in [0.05, 0.1) is 13.2 Å². The van der Waals surface area contributed by atoms with Crippen LogP contribution >= 0.6 is 18.2 Å². The topological polar surface area (TPSA) is 35.5 Å². The lowest BCUT2D eigenvalue weighted by atomic mass is 10.1. The minimum atomic E-state index is -2.94. The third kappa shape index (κ3) is 17.7. The van der Waals surface area contributed by atoms with Crippen molar-refractivity contribution in [2.45, 2.75) is 111 Å². The first-order chi connectivity index (χ1) is 12.2. The molecule has 0 unspecified atom stereocenters. The van der Waals surface area contributed by atoms with E-state index in [1.54, 1.807) is 0 Å². The van der Waals surface area contributed by atoms with Gasteiger partial charge in [0.1, 0.15) is 0 Å². The molecule has 0 bridgehead atoms. The molecule has 3 nitrogen and oxygen atoms in total. The first-order valence-corrected chi connectivity index (χ1v) is 13.9. The molecule has 0 rings (SSSR count). The zero-order valence-electron chi connectivity index (χ0n) is 17.1. The molecular formula is C20H43O3PS. The molecule has 0 radical (unpaired) electrons. The molecule has 0 heterocycles. The van der Waals surface area contributed by atoms with Crippen molar-refractivity contribution in [3.63, 3.8) is 0 Å². The monoisotopic (exact) mass is 394 g/mol. The molecule has 0 aromatic heterocycles. The van der Waals surface area contributed by atoms with Crippen LogP contribution in [0.15, 0.2) is 0 Å². The number of hydrogen-bond acceptors (Lipinski definition) is 4. The molecule has 0 aliphatic rings. The quantitative estimate of drug-likeness (QED) is 0.153. The molecule has 152 valence electrons. The van der Waals surface area contributed by atoms with E-state index in [9.17, 15) is 4.57 Å². The van der Waals surface area contributed by atoms with Gasteiger partial charge in [-0.05, 0) is 30.6 Å². The average Bonchev–Trinajstić information content (AvgIpc) is 2.60. The smallest absolute Gasteiger partial charge is 0.301 e. The van der Waals surface area contributed by atoms with Crippen molar-refractivity contribution in [1.82, 2.24) is 0 Å². The van der Waals surface area contributed by atoms with Crippen molar-refractivity contribution < 1.29 is 13.6 Å². The Labute approximate surface area is 161 Å². The summed E-state index contributed by atoms with van der Waals surface area (Å²) < 4.78 is 24.0. The Balaban J connectivity index is 3.70. The van der Waals surface area contributed by atoms with Gasteiger partial charge in [-0.3, -0.25) is 0 Å². The Hall–Kier alpha value is 0.500. The van der Waals surface area contributed by atoms with E-state index in [0.717, 1.165) is 37.9 Å². The van der Waals surface area contributed by atoms with Crippen molar-refractivity contribution >= 4 is 18.2 Å². The van der Waals surface area contributed by atoms with Crippen LogP contribution in [0.25, 0.3) is 0 Å². The average molecular weight is 395 g/mol. The van der Waals surface area contributed by atoms with Gasteiger partial charge in [0.15, 0.2) is 0 Å². The van der Waals surface area contributed by atoms with Crippen molar-refractivity contribution in [3.8, 4) is 0 Å². The van der Waals surface area contributed by atoms with E-state index in [4.69, 9.17) is 9.05 Å². The molecule has 0 amide bonds. The summed E-state index contributed by atoms with van der Waals surface area (Å²) in [5.74, 6) is 0.881. The fourth-order valence-electron chi connectivity index (χ4n) is 2.52. The zero-order chi connectivity index (χ0) is 18.6. The minimum Gasteiger partial charge on any atom is -0.301 e. The predicted molar refractivity (Wildman–Crippen MR) is 114 cm³/mol. The molecule has 0 aliphatic heterocycles. The van der Waals surface area contributed by atoms with Crippen LogP contribution in [0, 0.1) is 0 Å². The van der Waals surface area contributed by atoms with E-state index in [-0.39, 0.29) is 0 Å². The first kappa shape index (κ1) is 25.5. The van der Waals surface area contributed by atoms with Gasteiger partial charge in [-0.15, -0.1) is 0 Å². The second-order valence-corrected chi connectivity index (χ2v) is 11.0. The second kappa shape index (κ2) is 19.3. The van der Waals surface area contributed by atoms with Crippen LogP contribution < -0.4 is 0 Å². The van der Waals surface area contributed by atoms with Crippen molar-refractivity contribution in [3.05, 3.63) is 0 Å². The van der Waals surface area contributed by atoms with Crippen molar-refractivity contribution in [2.24, 2.45) is 0 Å². The SMILES string of the molecule is CCCCCCCCCCCCSP(=O)(OCCCC)OCCCC. The third-order valence-electron chi connectivity index (χ3n) is 4.24. The predicted octanol–water partition coefficient (Wildman–Crippen LogP) is 8.38. The standard InChI is InChI=1S/C20H43O3PS/c1-4-7-10-11-12-13-14-15-16-17-20-25-24(21,22-18-8-5-2)23-19-9-6-3/h4-20H2,1-3H3. The first-order valence-electron chi connectivity index (χ1n) is 10.7. The van der Waals surface area contributed by atoms with E-state index in [0.29, 0.717) is 13.2 Å². The molecule has 0 fully saturated rings. The van der Waals surface area contributed by atoms with E-state index >= 15 is 0 Å². The Bertz CT molecular complexity index is 299. The van der Waals surface area contributed by atoms with Gasteiger partial charge in [0.2, 0.25) is 0 Å². The summed E-state index contributed by atoms with van der Waals surface area (Å²) in [4.78, 5) is 0. The molecule has 25 heavy (non-hydrogen) atoms. The maximum atomic E-state index is 12.7. The van der Waals surface area contributed by atoms with Gasteiger partial charge in [0, 0.05) is 5.75 Å². The minimum absolute atomic E-state index is 0.547. The van der Waals surface area contributed by atoms with Crippen molar-refractivity contribution in [2.75, 3.05) is 19.0 Å². The number of unbranched alkanes of at least 4 members (excludes halogenated alkanes) is 11. The van der Waals surface area contributed by atoms with Crippen LogP contribution in [0.4, 0.5) is 0 Å². The molecular weight excluding hydrogens is 351 g/mol. The maximum absolute atomic E-state index is 12.7. The Morgan fingerprint density at radius 2 is 1.00 bits per heavy atom. The summed E-state index contributed by atoms with van der Waals surface area (Å²) >= 11 is 1.41. The molecule has 0 spiro atoms. The van der Waals surface area contributed by atoms with Gasteiger partial charge in [-0.25, -0.2) is 4.57 Å². The Kier molecular flexibility index (Phi) is 19.7. The summed E-state index contributed by atoms with van der Waals surface area (Å²) in [6.07, 6.45) is 17.2. The summed E-state index contributed by atoms with van der Waals surface area (Å²) in [6, 6.07) is 0. The summed E-state index contributed by atoms with van der Waals surface area (Å²) in [7, 11) is 0. The lowest BCUT2D eigenvalue weighted by molar-refractivity contribution is 0.215. The molecule has 5 heteroatoms. The highest BCUT2D eigenvalue weighted by Gasteiger charge is 2.24. The number of rotatable bonds is 20. The molecule has 0 atom stereocenters. The Morgan fingerprint density at radius 1 is 0.600 bits per heavy atom. The van der Waals surface area contributed by atoms with Gasteiger partial charge < -0.3 is 9.05 Å². The summed E-state index contributed by atoms with van der Waals surface area (Å²) in [6.45, 7) is 4.65. The molecule has 0 saturated carbocycles. The molecule has 0 aliphatic carbocycles. The molecule has 0 saturated heterocycles. The van der Waals surface area contributed by atoms with E-state index < -0.39 is 6.80 Å². The lowest BCUT2D eigenvalue weighted by Gasteiger charge is -2.17. The van der Waals surface area contributed by atoms with E-state index in [1.165, 1.54) is 69.2 Å². The normalized spacial score (nSPS) is 12.0. The summed E-state index contributed by atoms with van der Waals surface area (Å²) in [5.41, 5.74) is 0. The zero-order valence-corrected chi connectivity index (χ0v) is 18.8. The van der Waals surface area contributed by atoms with Gasteiger partial charge >= 0.3 is 6.80 Å². The fourth-order valence-corrected chi connectivity index (χ4v) is 5.96. The molecule has 0 N–H and O–H groups in total. The van der Waals surface area contributed by atoms with Gasteiger partial charge in [0.25, 0.3) is 0 Å². The highest BCUT2D eigenvalue weighted by atomic mass is 32.7.